The number of nitrogens with zero attached hydrogens (tertiary/aromatic N) is 1. The number of carboxylic acid groups (broad SMARTS) is 1. The van der Waals surface area contributed by atoms with Gasteiger partial charge in [0.25, 0.3) is 0 Å². The molecule has 0 saturated carbocycles. The van der Waals surface area contributed by atoms with Crippen LogP contribution in [0.3, 0.4) is 0 Å². The molecule has 2 unspecified atom stereocenters. The topological polar surface area (TPSA) is 69.6 Å². The van der Waals surface area contributed by atoms with Crippen LogP contribution in [0, 0.1) is 11.3 Å². The van der Waals surface area contributed by atoms with E-state index in [0.29, 0.717) is 11.8 Å². The maximum atomic E-state index is 12.2. The van der Waals surface area contributed by atoms with Crippen molar-refractivity contribution in [1.29, 1.82) is 0 Å². The molecule has 2 atom stereocenters. The molecule has 20 heavy (non-hydrogen) atoms. The standard InChI is InChI=1S/C15H24N2O3/c1-3-15(2)6-8-17(9-7-15)14(20)16-12-5-4-11(10-12)13(18)19/h4-5,11-12H,3,6-10H2,1-2H3,(H,16,20)(H,18,19). The molecule has 1 aliphatic carbocycles. The Morgan fingerprint density at radius 3 is 2.50 bits per heavy atom. The second-order valence-corrected chi connectivity index (χ2v) is 6.27. The van der Waals surface area contributed by atoms with Crippen LogP contribution in [0.1, 0.15) is 39.5 Å². The van der Waals surface area contributed by atoms with Crippen molar-refractivity contribution in [3.8, 4) is 0 Å². The SMILES string of the molecule is CCC1(C)CCN(C(=O)NC2C=CC(C(=O)O)C2)CC1. The summed E-state index contributed by atoms with van der Waals surface area (Å²) in [4.78, 5) is 24.9. The van der Waals surface area contributed by atoms with Gasteiger partial charge in [-0.3, -0.25) is 4.79 Å². The van der Waals surface area contributed by atoms with E-state index in [9.17, 15) is 9.59 Å². The number of hydrogen-bond donors (Lipinski definition) is 2. The molecule has 0 spiro atoms. The number of piperidine rings is 1. The van der Waals surface area contributed by atoms with Crippen LogP contribution in [0.25, 0.3) is 0 Å². The van der Waals surface area contributed by atoms with Crippen molar-refractivity contribution in [3.63, 3.8) is 0 Å². The summed E-state index contributed by atoms with van der Waals surface area (Å²) in [7, 11) is 0. The lowest BCUT2D eigenvalue weighted by atomic mass is 9.78. The van der Waals surface area contributed by atoms with Gasteiger partial charge in [-0.2, -0.15) is 0 Å². The fourth-order valence-corrected chi connectivity index (χ4v) is 2.84. The van der Waals surface area contributed by atoms with Crippen molar-refractivity contribution < 1.29 is 14.7 Å². The van der Waals surface area contributed by atoms with E-state index in [0.717, 1.165) is 32.4 Å². The van der Waals surface area contributed by atoms with Gasteiger partial charge in [0, 0.05) is 13.1 Å². The van der Waals surface area contributed by atoms with E-state index >= 15 is 0 Å². The van der Waals surface area contributed by atoms with Crippen molar-refractivity contribution in [3.05, 3.63) is 12.2 Å². The molecule has 0 bridgehead atoms. The van der Waals surface area contributed by atoms with E-state index in [2.05, 4.69) is 19.2 Å². The second-order valence-electron chi connectivity index (χ2n) is 6.27. The number of nitrogens with one attached hydrogen (secondary N) is 1. The maximum Gasteiger partial charge on any atom is 0.317 e. The molecule has 1 aliphatic heterocycles. The predicted molar refractivity (Wildman–Crippen MR) is 76.4 cm³/mol. The molecule has 1 saturated heterocycles. The number of carboxylic acids is 1. The summed E-state index contributed by atoms with van der Waals surface area (Å²) >= 11 is 0. The first kappa shape index (κ1) is 14.9. The quantitative estimate of drug-likeness (QED) is 0.779. The molecule has 5 nitrogen and oxygen atoms in total. The third kappa shape index (κ3) is 3.32. The zero-order valence-corrected chi connectivity index (χ0v) is 12.3. The van der Waals surface area contributed by atoms with E-state index < -0.39 is 11.9 Å². The molecule has 0 aromatic heterocycles. The van der Waals surface area contributed by atoms with Crippen molar-refractivity contribution in [2.75, 3.05) is 13.1 Å². The van der Waals surface area contributed by atoms with Gasteiger partial charge < -0.3 is 15.3 Å². The van der Waals surface area contributed by atoms with Crippen LogP contribution >= 0.6 is 0 Å². The van der Waals surface area contributed by atoms with Crippen LogP contribution in [0.2, 0.25) is 0 Å². The van der Waals surface area contributed by atoms with Gasteiger partial charge in [0.05, 0.1) is 12.0 Å². The largest absolute Gasteiger partial charge is 0.481 e. The first-order valence-corrected chi connectivity index (χ1v) is 7.40. The van der Waals surface area contributed by atoms with Crippen molar-refractivity contribution >= 4 is 12.0 Å². The van der Waals surface area contributed by atoms with Crippen LogP contribution < -0.4 is 5.32 Å². The van der Waals surface area contributed by atoms with Gasteiger partial charge in [-0.05, 0) is 24.7 Å². The van der Waals surface area contributed by atoms with Gasteiger partial charge >= 0.3 is 12.0 Å². The molecular formula is C15H24N2O3. The first-order chi connectivity index (χ1) is 9.43. The number of likely N-dealkylation sites (tertiary alicyclic amines) is 1. The molecule has 0 aromatic rings. The third-order valence-corrected chi connectivity index (χ3v) is 4.82. The Bertz CT molecular complexity index is 411. The summed E-state index contributed by atoms with van der Waals surface area (Å²) < 4.78 is 0. The molecule has 112 valence electrons. The fraction of sp³-hybridized carbons (Fsp3) is 0.733. The van der Waals surface area contributed by atoms with Crippen LogP contribution in [-0.4, -0.2) is 41.1 Å². The van der Waals surface area contributed by atoms with Crippen LogP contribution in [-0.2, 0) is 4.79 Å². The Labute approximate surface area is 120 Å². The minimum Gasteiger partial charge on any atom is -0.481 e. The van der Waals surface area contributed by atoms with E-state index in [1.807, 2.05) is 4.90 Å². The van der Waals surface area contributed by atoms with Gasteiger partial charge in [0.2, 0.25) is 0 Å². The Morgan fingerprint density at radius 1 is 1.35 bits per heavy atom. The lowest BCUT2D eigenvalue weighted by Crippen LogP contribution is -2.48. The molecule has 2 aliphatic rings. The molecular weight excluding hydrogens is 256 g/mol. The molecule has 2 rings (SSSR count). The summed E-state index contributed by atoms with van der Waals surface area (Å²) in [6.45, 7) is 6.05. The Kier molecular flexibility index (Phi) is 4.35. The summed E-state index contributed by atoms with van der Waals surface area (Å²) in [5.41, 5.74) is 0.360. The number of aliphatic carboxylic acids is 1. The predicted octanol–water partition coefficient (Wildman–Crippen LogP) is 2.24. The Hall–Kier alpha value is -1.52. The number of rotatable bonds is 3. The average Bonchev–Trinajstić information content (AvgIpc) is 2.88. The molecule has 2 amide bonds. The molecule has 0 radical (unpaired) electrons. The highest BCUT2D eigenvalue weighted by Crippen LogP contribution is 2.33. The molecule has 1 heterocycles. The third-order valence-electron chi connectivity index (χ3n) is 4.82. The number of carbonyl (C=O) groups is 2. The van der Waals surface area contributed by atoms with Gasteiger partial charge in [-0.1, -0.05) is 32.4 Å². The monoisotopic (exact) mass is 280 g/mol. The second kappa shape index (κ2) is 5.85. The van der Waals surface area contributed by atoms with Crippen LogP contribution in [0.15, 0.2) is 12.2 Å². The Morgan fingerprint density at radius 2 is 2.00 bits per heavy atom. The van der Waals surface area contributed by atoms with Crippen molar-refractivity contribution in [2.24, 2.45) is 11.3 Å². The van der Waals surface area contributed by atoms with Gasteiger partial charge in [-0.15, -0.1) is 0 Å². The number of carbonyl (C=O) groups excluding carboxylic acids is 1. The van der Waals surface area contributed by atoms with Gasteiger partial charge in [-0.25, -0.2) is 4.79 Å². The van der Waals surface area contributed by atoms with Gasteiger partial charge in [0.1, 0.15) is 0 Å². The minimum atomic E-state index is -0.824. The number of amides is 2. The highest BCUT2D eigenvalue weighted by molar-refractivity contribution is 5.76. The Balaban J connectivity index is 1.80. The van der Waals surface area contributed by atoms with Crippen LogP contribution in [0.4, 0.5) is 4.79 Å². The summed E-state index contributed by atoms with van der Waals surface area (Å²) in [6.07, 6.45) is 7.13. The van der Waals surface area contributed by atoms with E-state index in [4.69, 9.17) is 5.11 Å². The zero-order chi connectivity index (χ0) is 14.8. The average molecular weight is 280 g/mol. The highest BCUT2D eigenvalue weighted by Gasteiger charge is 2.32. The summed E-state index contributed by atoms with van der Waals surface area (Å²) in [6, 6.07) is -0.216. The normalized spacial score (nSPS) is 28.4. The molecule has 0 aromatic carbocycles. The highest BCUT2D eigenvalue weighted by atomic mass is 16.4. The summed E-state index contributed by atoms with van der Waals surface area (Å²) in [5, 5.41) is 11.8. The van der Waals surface area contributed by atoms with E-state index in [1.165, 1.54) is 0 Å². The lowest BCUT2D eigenvalue weighted by Gasteiger charge is -2.39. The zero-order valence-electron chi connectivity index (χ0n) is 12.3. The maximum absolute atomic E-state index is 12.2. The summed E-state index contributed by atoms with van der Waals surface area (Å²) in [5.74, 6) is -1.29. The first-order valence-electron chi connectivity index (χ1n) is 7.40. The smallest absolute Gasteiger partial charge is 0.317 e. The van der Waals surface area contributed by atoms with Crippen LogP contribution in [0.5, 0.6) is 0 Å². The molecule has 1 fully saturated rings. The van der Waals surface area contributed by atoms with E-state index in [-0.39, 0.29) is 12.1 Å². The lowest BCUT2D eigenvalue weighted by molar-refractivity contribution is -0.140. The number of hydrogen-bond acceptors (Lipinski definition) is 2. The van der Waals surface area contributed by atoms with Gasteiger partial charge in [0.15, 0.2) is 0 Å². The van der Waals surface area contributed by atoms with E-state index in [1.54, 1.807) is 12.2 Å². The minimum absolute atomic E-state index is 0.0659. The number of urea groups is 1. The molecule has 5 heteroatoms. The molecule has 2 N–H and O–H groups in total. The van der Waals surface area contributed by atoms with Crippen molar-refractivity contribution in [1.82, 2.24) is 10.2 Å². The van der Waals surface area contributed by atoms with Crippen molar-refractivity contribution in [2.45, 2.75) is 45.6 Å². The fourth-order valence-electron chi connectivity index (χ4n) is 2.84.